The number of allylic oxidation sites excluding steroid dienone is 1. The first-order valence-electron chi connectivity index (χ1n) is 13.3. The number of aliphatic imine (C=N–C) groups is 1. The molecule has 11 heteroatoms. The minimum atomic E-state index is -0.517. The Labute approximate surface area is 234 Å². The fraction of sp³-hybridized carbons (Fsp3) is 0.414. The summed E-state index contributed by atoms with van der Waals surface area (Å²) in [5, 5.41) is 13.5. The first kappa shape index (κ1) is 28.9. The fourth-order valence-corrected chi connectivity index (χ4v) is 4.21. The van der Waals surface area contributed by atoms with Gasteiger partial charge in [-0.05, 0) is 36.8 Å². The fourth-order valence-electron chi connectivity index (χ4n) is 4.21. The van der Waals surface area contributed by atoms with Gasteiger partial charge in [-0.25, -0.2) is 15.0 Å². The highest BCUT2D eigenvalue weighted by Gasteiger charge is 2.20. The predicted molar refractivity (Wildman–Crippen MR) is 158 cm³/mol. The third-order valence-electron chi connectivity index (χ3n) is 6.80. The average Bonchev–Trinajstić information content (AvgIpc) is 2.92. The molecule has 1 amide bonds. The smallest absolute Gasteiger partial charge is 0.279 e. The van der Waals surface area contributed by atoms with E-state index in [1.54, 1.807) is 19.2 Å². The number of fused-ring (bicyclic) bond motifs is 1. The molecule has 0 unspecified atom stereocenters. The van der Waals surface area contributed by atoms with Crippen molar-refractivity contribution in [1.29, 1.82) is 0 Å². The second kappa shape index (κ2) is 12.4. The van der Waals surface area contributed by atoms with Gasteiger partial charge in [-0.1, -0.05) is 26.8 Å². The van der Waals surface area contributed by atoms with Gasteiger partial charge in [-0.2, -0.15) is 4.99 Å². The first-order chi connectivity index (χ1) is 19.0. The molecule has 3 heterocycles. The summed E-state index contributed by atoms with van der Waals surface area (Å²) >= 11 is 0. The van der Waals surface area contributed by atoms with Crippen LogP contribution >= 0.6 is 0 Å². The lowest BCUT2D eigenvalue weighted by atomic mass is 9.93. The third-order valence-corrected chi connectivity index (χ3v) is 6.80. The van der Waals surface area contributed by atoms with E-state index in [4.69, 9.17) is 15.5 Å². The van der Waals surface area contributed by atoms with Gasteiger partial charge in [0.25, 0.3) is 5.91 Å². The minimum absolute atomic E-state index is 0.0447. The number of rotatable bonds is 8. The van der Waals surface area contributed by atoms with Crippen LogP contribution in [0, 0.1) is 12.3 Å². The van der Waals surface area contributed by atoms with Crippen molar-refractivity contribution in [3.05, 3.63) is 59.6 Å². The number of piperazine rings is 1. The van der Waals surface area contributed by atoms with Crippen LogP contribution in [0.15, 0.2) is 53.5 Å². The minimum Gasteiger partial charge on any atom is -0.512 e. The normalized spacial score (nSPS) is 15.5. The number of carbonyl (C=O) groups excluding carboxylic acids is 1. The molecule has 0 spiro atoms. The molecule has 4 N–H and O–H groups in total. The number of hydrogen-bond acceptors (Lipinski definition) is 9. The maximum absolute atomic E-state index is 12.9. The number of aliphatic hydroxyl groups excluding tert-OH is 1. The molecule has 1 aliphatic rings. The van der Waals surface area contributed by atoms with Crippen molar-refractivity contribution in [2.24, 2.45) is 16.1 Å². The number of pyridine rings is 1. The summed E-state index contributed by atoms with van der Waals surface area (Å²) < 4.78 is 5.21. The Bertz CT molecular complexity index is 1420. The second-order valence-corrected chi connectivity index (χ2v) is 10.9. The molecule has 0 atom stereocenters. The molecule has 0 saturated carbocycles. The Morgan fingerprint density at radius 2 is 1.93 bits per heavy atom. The average molecular weight is 547 g/mol. The number of aryl methyl sites for hydroxylation is 1. The van der Waals surface area contributed by atoms with Crippen molar-refractivity contribution in [2.45, 2.75) is 27.7 Å². The molecule has 2 aromatic heterocycles. The number of methoxy groups -OCH3 is 1. The van der Waals surface area contributed by atoms with Crippen LogP contribution in [0.4, 0.5) is 17.3 Å². The van der Waals surface area contributed by atoms with Gasteiger partial charge >= 0.3 is 0 Å². The summed E-state index contributed by atoms with van der Waals surface area (Å²) in [6.45, 7) is 12.7. The van der Waals surface area contributed by atoms with Crippen LogP contribution < -0.4 is 16.0 Å². The summed E-state index contributed by atoms with van der Waals surface area (Å²) in [5.41, 5.74) is 8.70. The van der Waals surface area contributed by atoms with Crippen LogP contribution in [0.25, 0.3) is 11.0 Å². The van der Waals surface area contributed by atoms with Gasteiger partial charge in [-0.3, -0.25) is 9.69 Å². The number of nitrogens with one attached hydrogen (secondary N) is 1. The number of aliphatic hydroxyl groups is 1. The van der Waals surface area contributed by atoms with E-state index in [0.29, 0.717) is 28.1 Å². The molecule has 1 saturated heterocycles. The Hall–Kier alpha value is -4.09. The first-order valence-corrected chi connectivity index (χ1v) is 13.3. The van der Waals surface area contributed by atoms with E-state index in [2.05, 4.69) is 30.1 Å². The molecule has 1 aliphatic heterocycles. The maximum atomic E-state index is 12.9. The van der Waals surface area contributed by atoms with Crippen molar-refractivity contribution in [2.75, 3.05) is 56.7 Å². The number of aromatic nitrogens is 3. The van der Waals surface area contributed by atoms with Crippen LogP contribution in [-0.4, -0.2) is 83.1 Å². The molecule has 1 aromatic carbocycles. The number of amidine groups is 1. The number of benzene rings is 1. The molecule has 0 aliphatic carbocycles. The van der Waals surface area contributed by atoms with E-state index >= 15 is 0 Å². The molecular weight excluding hydrogens is 508 g/mol. The number of carbonyl (C=O) groups is 1. The maximum Gasteiger partial charge on any atom is 0.279 e. The quantitative estimate of drug-likeness (QED) is 0.217. The lowest BCUT2D eigenvalue weighted by Crippen LogP contribution is -2.47. The molecule has 40 heavy (non-hydrogen) atoms. The highest BCUT2D eigenvalue weighted by Crippen LogP contribution is 2.27. The summed E-state index contributed by atoms with van der Waals surface area (Å²) in [4.78, 5) is 35.2. The van der Waals surface area contributed by atoms with E-state index in [0.717, 1.165) is 50.7 Å². The third kappa shape index (κ3) is 7.10. The van der Waals surface area contributed by atoms with Crippen LogP contribution in [0.1, 0.15) is 36.7 Å². The standard InChI is InChI=1S/C29H38N8O3/c1-19-6-7-20(28(39)34-24(30)17-23(38)29(2,3)4)16-22(19)33-27-26-21(31-18-32-27)8-9-25(35-26)37-12-10-36(11-13-37)14-15-40-5/h6-9,16-18,38H,10-15H2,1-5H3,(H2,30,34,39)(H,31,32,33)/b23-17-. The Morgan fingerprint density at radius 1 is 1.18 bits per heavy atom. The number of nitrogens with two attached hydrogens (primary N) is 1. The van der Waals surface area contributed by atoms with Crippen molar-refractivity contribution >= 4 is 40.1 Å². The monoisotopic (exact) mass is 546 g/mol. The van der Waals surface area contributed by atoms with E-state index in [1.807, 2.05) is 45.9 Å². The zero-order valence-corrected chi connectivity index (χ0v) is 23.8. The summed E-state index contributed by atoms with van der Waals surface area (Å²) in [5.74, 6) is 0.873. The number of amides is 1. The Kier molecular flexibility index (Phi) is 8.96. The molecule has 0 radical (unpaired) electrons. The van der Waals surface area contributed by atoms with Crippen molar-refractivity contribution < 1.29 is 14.6 Å². The molecule has 3 aromatic rings. The number of nitrogens with zero attached hydrogens (tertiary/aromatic N) is 6. The van der Waals surface area contributed by atoms with Gasteiger partial charge in [0.1, 0.15) is 29.3 Å². The number of anilines is 3. The molecular formula is C29H38N8O3. The second-order valence-electron chi connectivity index (χ2n) is 10.9. The predicted octanol–water partition coefficient (Wildman–Crippen LogP) is 3.83. The Balaban J connectivity index is 1.56. The van der Waals surface area contributed by atoms with Gasteiger partial charge < -0.3 is 25.8 Å². The van der Waals surface area contributed by atoms with Crippen molar-refractivity contribution in [1.82, 2.24) is 19.9 Å². The summed E-state index contributed by atoms with van der Waals surface area (Å²) in [6.07, 6.45) is 2.80. The highest BCUT2D eigenvalue weighted by molar-refractivity contribution is 6.07. The van der Waals surface area contributed by atoms with Gasteiger partial charge in [0, 0.05) is 62.6 Å². The van der Waals surface area contributed by atoms with Crippen LogP contribution in [-0.2, 0) is 4.74 Å². The van der Waals surface area contributed by atoms with Crippen molar-refractivity contribution in [3.8, 4) is 0 Å². The van der Waals surface area contributed by atoms with E-state index in [9.17, 15) is 9.90 Å². The zero-order chi connectivity index (χ0) is 28.9. The lowest BCUT2D eigenvalue weighted by Gasteiger charge is -2.35. The largest absolute Gasteiger partial charge is 0.512 e. The van der Waals surface area contributed by atoms with Crippen LogP contribution in [0.3, 0.4) is 0 Å². The molecule has 11 nitrogen and oxygen atoms in total. The van der Waals surface area contributed by atoms with Crippen LogP contribution in [0.5, 0.6) is 0 Å². The summed E-state index contributed by atoms with van der Waals surface area (Å²) in [7, 11) is 1.72. The van der Waals surface area contributed by atoms with Crippen LogP contribution in [0.2, 0.25) is 0 Å². The number of hydrogen-bond donors (Lipinski definition) is 3. The molecule has 1 fully saturated rings. The highest BCUT2D eigenvalue weighted by atomic mass is 16.5. The van der Waals surface area contributed by atoms with Gasteiger partial charge in [-0.15, -0.1) is 0 Å². The molecule has 212 valence electrons. The van der Waals surface area contributed by atoms with E-state index in [-0.39, 0.29) is 11.6 Å². The lowest BCUT2D eigenvalue weighted by molar-refractivity contribution is 0.100. The van der Waals surface area contributed by atoms with E-state index < -0.39 is 11.3 Å². The zero-order valence-electron chi connectivity index (χ0n) is 23.8. The van der Waals surface area contributed by atoms with Gasteiger partial charge in [0.05, 0.1) is 12.1 Å². The molecule has 4 rings (SSSR count). The van der Waals surface area contributed by atoms with Gasteiger partial charge in [0.15, 0.2) is 5.82 Å². The summed E-state index contributed by atoms with van der Waals surface area (Å²) in [6, 6.07) is 9.16. The molecule has 0 bridgehead atoms. The Morgan fingerprint density at radius 3 is 2.62 bits per heavy atom. The van der Waals surface area contributed by atoms with E-state index in [1.165, 1.54) is 12.4 Å². The van der Waals surface area contributed by atoms with Gasteiger partial charge in [0.2, 0.25) is 0 Å². The number of ether oxygens (including phenoxy) is 1. The topological polar surface area (TPSA) is 142 Å². The van der Waals surface area contributed by atoms with Crippen molar-refractivity contribution in [3.63, 3.8) is 0 Å². The SMILES string of the molecule is COCCN1CCN(c2ccc3ncnc(Nc4cc(C(=O)N=C(N)/C=C(\O)C(C)(C)C)ccc4C)c3n2)CC1.